The van der Waals surface area contributed by atoms with Crippen LogP contribution in [0.4, 0.5) is 0 Å². The first-order valence-electron chi connectivity index (χ1n) is 8.10. The van der Waals surface area contributed by atoms with Crippen LogP contribution in [0.1, 0.15) is 58.3 Å². The predicted octanol–water partition coefficient (Wildman–Crippen LogP) is 2.79. The van der Waals surface area contributed by atoms with Crippen molar-refractivity contribution < 1.29 is 4.79 Å². The SMILES string of the molecule is CC1CCCCC1N(C)C(=O)C1CCCC(CN)C1. The van der Waals surface area contributed by atoms with E-state index in [9.17, 15) is 4.79 Å². The second-order valence-electron chi connectivity index (χ2n) is 6.74. The minimum atomic E-state index is 0.237. The molecule has 0 aliphatic heterocycles. The summed E-state index contributed by atoms with van der Waals surface area (Å²) >= 11 is 0. The van der Waals surface area contributed by atoms with Crippen molar-refractivity contribution in [1.82, 2.24) is 4.90 Å². The second kappa shape index (κ2) is 6.74. The summed E-state index contributed by atoms with van der Waals surface area (Å²) in [6.45, 7) is 3.05. The standard InChI is InChI=1S/C16H30N2O/c1-12-6-3-4-9-15(12)18(2)16(19)14-8-5-7-13(10-14)11-17/h12-15H,3-11,17H2,1-2H3. The Morgan fingerprint density at radius 2 is 1.89 bits per heavy atom. The zero-order valence-corrected chi connectivity index (χ0v) is 12.6. The molecule has 2 rings (SSSR count). The van der Waals surface area contributed by atoms with Crippen molar-refractivity contribution in [2.75, 3.05) is 13.6 Å². The molecule has 0 aromatic rings. The number of amides is 1. The maximum atomic E-state index is 12.7. The fourth-order valence-electron chi connectivity index (χ4n) is 4.05. The van der Waals surface area contributed by atoms with Gasteiger partial charge < -0.3 is 10.6 Å². The molecule has 0 aromatic heterocycles. The van der Waals surface area contributed by atoms with Crippen molar-refractivity contribution in [2.45, 2.75) is 64.3 Å². The van der Waals surface area contributed by atoms with Gasteiger partial charge >= 0.3 is 0 Å². The van der Waals surface area contributed by atoms with E-state index in [0.717, 1.165) is 19.4 Å². The fraction of sp³-hybridized carbons (Fsp3) is 0.938. The quantitative estimate of drug-likeness (QED) is 0.854. The molecule has 4 atom stereocenters. The summed E-state index contributed by atoms with van der Waals surface area (Å²) in [6, 6.07) is 0.472. The number of hydrogen-bond acceptors (Lipinski definition) is 2. The highest BCUT2D eigenvalue weighted by Crippen LogP contribution is 2.33. The first-order valence-corrected chi connectivity index (χ1v) is 8.10. The topological polar surface area (TPSA) is 46.3 Å². The van der Waals surface area contributed by atoms with Gasteiger partial charge in [-0.15, -0.1) is 0 Å². The van der Waals surface area contributed by atoms with Crippen molar-refractivity contribution >= 4 is 5.91 Å². The van der Waals surface area contributed by atoms with Crippen molar-refractivity contribution in [1.29, 1.82) is 0 Å². The molecular weight excluding hydrogens is 236 g/mol. The van der Waals surface area contributed by atoms with Crippen LogP contribution in [0.25, 0.3) is 0 Å². The number of carbonyl (C=O) groups excluding carboxylic acids is 1. The molecule has 2 aliphatic carbocycles. The van der Waals surface area contributed by atoms with E-state index >= 15 is 0 Å². The second-order valence-corrected chi connectivity index (χ2v) is 6.74. The van der Waals surface area contributed by atoms with E-state index in [1.54, 1.807) is 0 Å². The summed E-state index contributed by atoms with van der Waals surface area (Å²) in [6.07, 6.45) is 9.55. The van der Waals surface area contributed by atoms with Gasteiger partial charge in [0.1, 0.15) is 0 Å². The average Bonchev–Trinajstić information content (AvgIpc) is 2.46. The molecule has 110 valence electrons. The van der Waals surface area contributed by atoms with E-state index < -0.39 is 0 Å². The summed E-state index contributed by atoms with van der Waals surface area (Å²) in [4.78, 5) is 14.8. The van der Waals surface area contributed by atoms with Gasteiger partial charge in [-0.05, 0) is 50.5 Å². The smallest absolute Gasteiger partial charge is 0.225 e. The van der Waals surface area contributed by atoms with Gasteiger partial charge in [-0.1, -0.05) is 26.2 Å². The van der Waals surface area contributed by atoms with Crippen LogP contribution in [0.3, 0.4) is 0 Å². The molecular formula is C16H30N2O. The van der Waals surface area contributed by atoms with Crippen LogP contribution in [0.5, 0.6) is 0 Å². The maximum Gasteiger partial charge on any atom is 0.225 e. The maximum absolute atomic E-state index is 12.7. The van der Waals surface area contributed by atoms with Gasteiger partial charge in [0.2, 0.25) is 5.91 Å². The predicted molar refractivity (Wildman–Crippen MR) is 78.7 cm³/mol. The third kappa shape index (κ3) is 3.50. The first kappa shape index (κ1) is 14.8. The third-order valence-electron chi connectivity index (χ3n) is 5.38. The van der Waals surface area contributed by atoms with Crippen LogP contribution in [0.2, 0.25) is 0 Å². The number of hydrogen-bond donors (Lipinski definition) is 1. The number of carbonyl (C=O) groups is 1. The lowest BCUT2D eigenvalue weighted by atomic mass is 9.79. The Morgan fingerprint density at radius 3 is 2.58 bits per heavy atom. The molecule has 2 saturated carbocycles. The van der Waals surface area contributed by atoms with E-state index in [2.05, 4.69) is 11.8 Å². The summed E-state index contributed by atoms with van der Waals surface area (Å²) in [7, 11) is 2.03. The van der Waals surface area contributed by atoms with E-state index in [1.165, 1.54) is 38.5 Å². The summed E-state index contributed by atoms with van der Waals surface area (Å²) < 4.78 is 0. The molecule has 3 nitrogen and oxygen atoms in total. The largest absolute Gasteiger partial charge is 0.342 e. The lowest BCUT2D eigenvalue weighted by molar-refractivity contribution is -0.139. The Bertz CT molecular complexity index is 305. The molecule has 0 saturated heterocycles. The third-order valence-corrected chi connectivity index (χ3v) is 5.38. The Balaban J connectivity index is 1.94. The molecule has 1 amide bonds. The van der Waals surface area contributed by atoms with Crippen molar-refractivity contribution in [3.05, 3.63) is 0 Å². The fourth-order valence-corrected chi connectivity index (χ4v) is 4.05. The minimum absolute atomic E-state index is 0.237. The Morgan fingerprint density at radius 1 is 1.16 bits per heavy atom. The van der Waals surface area contributed by atoms with Crippen LogP contribution in [0, 0.1) is 17.8 Å². The molecule has 0 spiro atoms. The molecule has 2 aliphatic rings. The van der Waals surface area contributed by atoms with Crippen LogP contribution in [-0.2, 0) is 4.79 Å². The highest BCUT2D eigenvalue weighted by molar-refractivity contribution is 5.79. The lowest BCUT2D eigenvalue weighted by Gasteiger charge is -2.39. The number of nitrogens with two attached hydrogens (primary N) is 1. The van der Waals surface area contributed by atoms with Gasteiger partial charge in [-0.25, -0.2) is 0 Å². The van der Waals surface area contributed by atoms with Crippen LogP contribution in [0.15, 0.2) is 0 Å². The van der Waals surface area contributed by atoms with Gasteiger partial charge in [0.15, 0.2) is 0 Å². The highest BCUT2D eigenvalue weighted by Gasteiger charge is 2.33. The molecule has 2 N–H and O–H groups in total. The van der Waals surface area contributed by atoms with Gasteiger partial charge in [0.05, 0.1) is 0 Å². The Labute approximate surface area is 117 Å². The van der Waals surface area contributed by atoms with E-state index in [0.29, 0.717) is 23.8 Å². The minimum Gasteiger partial charge on any atom is -0.342 e. The van der Waals surface area contributed by atoms with Gasteiger partial charge in [-0.3, -0.25) is 4.79 Å². The van der Waals surface area contributed by atoms with E-state index in [4.69, 9.17) is 5.73 Å². The molecule has 0 heterocycles. The van der Waals surface area contributed by atoms with Gasteiger partial charge in [0, 0.05) is 19.0 Å². The van der Waals surface area contributed by atoms with Crippen LogP contribution in [-0.4, -0.2) is 30.4 Å². The summed E-state index contributed by atoms with van der Waals surface area (Å²) in [5.41, 5.74) is 5.78. The van der Waals surface area contributed by atoms with Crippen molar-refractivity contribution in [2.24, 2.45) is 23.5 Å². The molecule has 2 fully saturated rings. The van der Waals surface area contributed by atoms with E-state index in [-0.39, 0.29) is 5.92 Å². The molecule has 19 heavy (non-hydrogen) atoms. The molecule has 0 bridgehead atoms. The highest BCUT2D eigenvalue weighted by atomic mass is 16.2. The molecule has 4 unspecified atom stereocenters. The van der Waals surface area contributed by atoms with Gasteiger partial charge in [-0.2, -0.15) is 0 Å². The van der Waals surface area contributed by atoms with Gasteiger partial charge in [0.25, 0.3) is 0 Å². The monoisotopic (exact) mass is 266 g/mol. The van der Waals surface area contributed by atoms with Crippen LogP contribution < -0.4 is 5.73 Å². The van der Waals surface area contributed by atoms with Crippen molar-refractivity contribution in [3.8, 4) is 0 Å². The van der Waals surface area contributed by atoms with E-state index in [1.807, 2.05) is 7.05 Å². The molecule has 3 heteroatoms. The first-order chi connectivity index (χ1) is 9.13. The zero-order valence-electron chi connectivity index (χ0n) is 12.6. The number of rotatable bonds is 3. The van der Waals surface area contributed by atoms with Crippen LogP contribution >= 0.6 is 0 Å². The molecule has 0 radical (unpaired) electrons. The summed E-state index contributed by atoms with van der Waals surface area (Å²) in [5, 5.41) is 0. The molecule has 0 aromatic carbocycles. The Kier molecular flexibility index (Phi) is 5.26. The zero-order chi connectivity index (χ0) is 13.8. The lowest BCUT2D eigenvalue weighted by Crippen LogP contribution is -2.46. The average molecular weight is 266 g/mol. The summed E-state index contributed by atoms with van der Waals surface area (Å²) in [5.74, 6) is 1.86. The Hall–Kier alpha value is -0.570. The normalized spacial score (nSPS) is 35.9. The van der Waals surface area contributed by atoms with Crippen molar-refractivity contribution in [3.63, 3.8) is 0 Å². The number of nitrogens with zero attached hydrogens (tertiary/aromatic N) is 1.